The van der Waals surface area contributed by atoms with Gasteiger partial charge in [-0.05, 0) is 62.1 Å². The highest BCUT2D eigenvalue weighted by Gasteiger charge is 2.37. The summed E-state index contributed by atoms with van der Waals surface area (Å²) in [5, 5.41) is 60.5. The fraction of sp³-hybridized carbons (Fsp3) is 0.609. The first kappa shape index (κ1) is 62.6. The lowest BCUT2D eigenvalue weighted by molar-refractivity contribution is -0.144. The Balaban J connectivity index is 3.18. The highest BCUT2D eigenvalue weighted by Crippen LogP contribution is 2.14. The van der Waals surface area contributed by atoms with Gasteiger partial charge in [0.2, 0.25) is 59.1 Å². The van der Waals surface area contributed by atoms with Crippen molar-refractivity contribution in [2.24, 2.45) is 23.5 Å². The third-order valence-electron chi connectivity index (χ3n) is 11.0. The fourth-order valence-electron chi connectivity index (χ4n) is 6.81. The van der Waals surface area contributed by atoms with E-state index in [9.17, 15) is 78.0 Å². The number of hydrogen-bond acceptors (Lipinski definition) is 14. The molecule has 15 N–H and O–H groups in total. The molecule has 10 atom stereocenters. The first-order chi connectivity index (χ1) is 33.5. The van der Waals surface area contributed by atoms with Crippen LogP contribution in [0.25, 0.3) is 0 Å². The van der Waals surface area contributed by atoms with E-state index in [2.05, 4.69) is 47.9 Å². The van der Waals surface area contributed by atoms with Gasteiger partial charge in [0.25, 0.3) is 0 Å². The minimum Gasteiger partial charge on any atom is -0.508 e. The molecule has 0 bridgehead atoms. The van der Waals surface area contributed by atoms with Gasteiger partial charge < -0.3 is 74.0 Å². The number of aliphatic hydroxyl groups excluding tert-OH is 1. The molecule has 0 aliphatic carbocycles. The van der Waals surface area contributed by atoms with E-state index in [-0.39, 0.29) is 30.9 Å². The molecule has 1 aromatic rings. The van der Waals surface area contributed by atoms with Gasteiger partial charge in [-0.2, -0.15) is 0 Å². The van der Waals surface area contributed by atoms with Gasteiger partial charge >= 0.3 is 11.9 Å². The summed E-state index contributed by atoms with van der Waals surface area (Å²) >= 11 is 0. The van der Waals surface area contributed by atoms with Gasteiger partial charge in [-0.3, -0.25) is 52.7 Å². The topological polar surface area (TPSA) is 420 Å². The first-order valence-corrected chi connectivity index (χ1v) is 23.3. The Kier molecular flexibility index (Phi) is 26.4. The van der Waals surface area contributed by atoms with Crippen LogP contribution in [0.5, 0.6) is 5.75 Å². The number of carbonyl (C=O) groups excluding carboxylic acids is 10. The van der Waals surface area contributed by atoms with E-state index in [0.29, 0.717) is 5.56 Å². The number of phenolic OH excluding ortho intramolecular Hbond substituents is 1. The maximum atomic E-state index is 13.9. The number of carboxylic acid groups (broad SMARTS) is 2. The van der Waals surface area contributed by atoms with Crippen molar-refractivity contribution in [1.82, 2.24) is 47.9 Å². The lowest BCUT2D eigenvalue weighted by Gasteiger charge is -2.30. The Morgan fingerprint density at radius 2 is 1.11 bits per heavy atom. The summed E-state index contributed by atoms with van der Waals surface area (Å²) in [6, 6.07) is -5.95. The largest absolute Gasteiger partial charge is 0.508 e. The molecule has 0 saturated heterocycles. The summed E-state index contributed by atoms with van der Waals surface area (Å²) in [6.07, 6.45) is -3.27. The maximum absolute atomic E-state index is 13.9. The normalized spacial score (nSPS) is 15.2. The number of hydrogen-bond donors (Lipinski definition) is 14. The molecule has 0 fully saturated rings. The SMILES string of the molecule is CC[C@H](C)[C@H](NC(=O)[C@@H](NC(=O)[C@@H](NC(=O)CNC(=O)[C@H](C)NC(=O)[C@H](Cc1ccc(O)cc1)NC(C)=O)[C@@H](C)O)C(C)C)C(=O)N[C@@H](CCC(N)=O)C(=O)N[C@@H](CC(=O)O)C(=O)N[C@@H](CC(C)C)C(=O)O. The molecule has 0 aliphatic heterocycles. The van der Waals surface area contributed by atoms with Crippen LogP contribution in [0.3, 0.4) is 0 Å². The van der Waals surface area contributed by atoms with Crippen LogP contribution in [0, 0.1) is 17.8 Å². The molecule has 0 radical (unpaired) electrons. The molecule has 72 heavy (non-hydrogen) atoms. The zero-order chi connectivity index (χ0) is 55.2. The second kappa shape index (κ2) is 30.4. The smallest absolute Gasteiger partial charge is 0.326 e. The molecule has 10 amide bonds. The molecule has 0 aromatic heterocycles. The number of amides is 10. The van der Waals surface area contributed by atoms with Gasteiger partial charge in [-0.1, -0.05) is 60.1 Å². The van der Waals surface area contributed by atoms with Gasteiger partial charge in [0.1, 0.15) is 54.1 Å². The average Bonchev–Trinajstić information content (AvgIpc) is 3.28. The van der Waals surface area contributed by atoms with Crippen molar-refractivity contribution in [3.05, 3.63) is 29.8 Å². The summed E-state index contributed by atoms with van der Waals surface area (Å²) < 4.78 is 0. The summed E-state index contributed by atoms with van der Waals surface area (Å²) in [7, 11) is 0. The van der Waals surface area contributed by atoms with Crippen LogP contribution < -0.4 is 53.6 Å². The number of rotatable bonds is 31. The second-order valence-electron chi connectivity index (χ2n) is 18.2. The zero-order valence-corrected chi connectivity index (χ0v) is 42.0. The highest BCUT2D eigenvalue weighted by atomic mass is 16.4. The third-order valence-corrected chi connectivity index (χ3v) is 11.0. The van der Waals surface area contributed by atoms with Crippen molar-refractivity contribution in [2.45, 2.75) is 155 Å². The van der Waals surface area contributed by atoms with Gasteiger partial charge in [0.05, 0.1) is 19.1 Å². The van der Waals surface area contributed by atoms with Crippen molar-refractivity contribution in [3.63, 3.8) is 0 Å². The number of carbonyl (C=O) groups is 12. The van der Waals surface area contributed by atoms with Crippen molar-refractivity contribution < 1.29 is 78.0 Å². The molecule has 0 spiro atoms. The number of aliphatic carboxylic acids is 2. The van der Waals surface area contributed by atoms with Crippen LogP contribution in [0.1, 0.15) is 100.0 Å². The van der Waals surface area contributed by atoms with Crippen LogP contribution in [0.4, 0.5) is 0 Å². The Hall–Kier alpha value is -7.38. The summed E-state index contributed by atoms with van der Waals surface area (Å²) in [4.78, 5) is 154. The Labute approximate surface area is 416 Å². The second-order valence-corrected chi connectivity index (χ2v) is 18.2. The molecule has 0 heterocycles. The van der Waals surface area contributed by atoms with Crippen LogP contribution in [-0.4, -0.2) is 152 Å². The number of nitrogens with one attached hydrogen (secondary N) is 9. The van der Waals surface area contributed by atoms with Crippen molar-refractivity contribution >= 4 is 71.0 Å². The van der Waals surface area contributed by atoms with Crippen LogP contribution in [-0.2, 0) is 64.0 Å². The van der Waals surface area contributed by atoms with E-state index in [1.54, 1.807) is 39.8 Å². The first-order valence-electron chi connectivity index (χ1n) is 23.3. The number of primary amides is 1. The van der Waals surface area contributed by atoms with E-state index in [4.69, 9.17) is 5.73 Å². The van der Waals surface area contributed by atoms with Crippen LogP contribution in [0.15, 0.2) is 24.3 Å². The number of carboxylic acids is 2. The number of aromatic hydroxyl groups is 1. The number of benzene rings is 1. The summed E-state index contributed by atoms with van der Waals surface area (Å²) in [5.74, 6) is -13.8. The van der Waals surface area contributed by atoms with Gasteiger partial charge in [0, 0.05) is 19.8 Å². The van der Waals surface area contributed by atoms with Crippen LogP contribution >= 0.6 is 0 Å². The Morgan fingerprint density at radius 1 is 0.597 bits per heavy atom. The summed E-state index contributed by atoms with van der Waals surface area (Å²) in [5.41, 5.74) is 5.90. The average molecular weight is 1020 g/mol. The molecular formula is C46H72N10O16. The number of aliphatic hydroxyl groups is 1. The van der Waals surface area contributed by atoms with Crippen molar-refractivity contribution in [2.75, 3.05) is 6.54 Å². The molecule has 402 valence electrons. The molecule has 1 aromatic carbocycles. The number of nitrogens with two attached hydrogens (primary N) is 1. The molecular weight excluding hydrogens is 949 g/mol. The minimum absolute atomic E-state index is 0.0106. The van der Waals surface area contributed by atoms with Crippen molar-refractivity contribution in [1.29, 1.82) is 0 Å². The van der Waals surface area contributed by atoms with E-state index >= 15 is 0 Å². The number of phenols is 1. The predicted octanol–water partition coefficient (Wildman–Crippen LogP) is -3.08. The van der Waals surface area contributed by atoms with Gasteiger partial charge in [-0.25, -0.2) is 4.79 Å². The monoisotopic (exact) mass is 1020 g/mol. The van der Waals surface area contributed by atoms with E-state index in [0.717, 1.165) is 0 Å². The molecule has 26 nitrogen and oxygen atoms in total. The third kappa shape index (κ3) is 22.6. The highest BCUT2D eigenvalue weighted by molar-refractivity contribution is 5.98. The maximum Gasteiger partial charge on any atom is 0.326 e. The lowest BCUT2D eigenvalue weighted by Crippen LogP contribution is -2.62. The molecule has 26 heteroatoms. The van der Waals surface area contributed by atoms with Crippen molar-refractivity contribution in [3.8, 4) is 5.75 Å². The minimum atomic E-state index is -1.84. The Bertz CT molecular complexity index is 2100. The molecule has 0 aliphatic rings. The van der Waals surface area contributed by atoms with Gasteiger partial charge in [-0.15, -0.1) is 0 Å². The quantitative estimate of drug-likeness (QED) is 0.0351. The summed E-state index contributed by atoms with van der Waals surface area (Å²) in [6.45, 7) is 12.6. The Morgan fingerprint density at radius 3 is 1.61 bits per heavy atom. The van der Waals surface area contributed by atoms with E-state index in [1.165, 1.54) is 46.8 Å². The standard InChI is InChI=1S/C46H72N10O16/c1-10-23(6)37(44(69)51-29(15-16-33(47)60)40(65)52-31(19-35(62)63)42(67)53-32(46(71)72)17-21(2)3)56-43(68)36(22(4)5)55-45(70)38(25(8)57)54-34(61)20-48-39(64)24(7)49-41(66)30(50-26(9)58)18-27-11-13-28(59)14-12-27/h11-14,21-25,29-32,36-38,57,59H,10,15-20H2,1-9H3,(H2,47,60)(H,48,64)(H,49,66)(H,50,58)(H,51,69)(H,52,65)(H,53,67)(H,54,61)(H,55,70)(H,56,68)(H,62,63)(H,71,72)/t23-,24-,25+,29-,30-,31-,32-,36-,37-,38-/m0/s1. The molecule has 0 saturated carbocycles. The van der Waals surface area contributed by atoms with Gasteiger partial charge in [0.15, 0.2) is 0 Å². The molecule has 0 unspecified atom stereocenters. The zero-order valence-electron chi connectivity index (χ0n) is 42.0. The van der Waals surface area contributed by atoms with E-state index < -0.39 is 163 Å². The van der Waals surface area contributed by atoms with E-state index in [1.807, 2.05) is 0 Å². The fourth-order valence-corrected chi connectivity index (χ4v) is 6.81. The molecule has 1 rings (SSSR count). The lowest BCUT2D eigenvalue weighted by atomic mass is 9.95. The predicted molar refractivity (Wildman–Crippen MR) is 255 cm³/mol. The van der Waals surface area contributed by atoms with Crippen LogP contribution in [0.2, 0.25) is 0 Å².